The van der Waals surface area contributed by atoms with Gasteiger partial charge in [0.25, 0.3) is 0 Å². The molecule has 0 radical (unpaired) electrons. The minimum Gasteiger partial charge on any atom is -0.459 e. The molecule has 5 aromatic rings. The maximum absolute atomic E-state index is 13.6. The van der Waals surface area contributed by atoms with Crippen molar-refractivity contribution in [2.24, 2.45) is 0 Å². The summed E-state index contributed by atoms with van der Waals surface area (Å²) in [5, 5.41) is 10.2. The van der Waals surface area contributed by atoms with Crippen molar-refractivity contribution in [3.63, 3.8) is 0 Å². The Morgan fingerprint density at radius 3 is 2.04 bits per heavy atom. The molecule has 230 valence electrons. The molecule has 1 aliphatic rings. The van der Waals surface area contributed by atoms with Crippen LogP contribution in [0, 0.1) is 11.3 Å². The Morgan fingerprint density at radius 2 is 1.46 bits per heavy atom. The summed E-state index contributed by atoms with van der Waals surface area (Å²) in [6, 6.07) is 26.9. The van der Waals surface area contributed by atoms with Gasteiger partial charge in [-0.15, -0.1) is 0 Å². The molecule has 1 unspecified atom stereocenters. The van der Waals surface area contributed by atoms with Crippen molar-refractivity contribution in [3.8, 4) is 6.07 Å². The molecule has 2 aromatic heterocycles. The summed E-state index contributed by atoms with van der Waals surface area (Å²) in [6.45, 7) is 1.16. The summed E-state index contributed by atoms with van der Waals surface area (Å²) in [6.07, 6.45) is -1.04. The predicted octanol–water partition coefficient (Wildman–Crippen LogP) is 5.55. The summed E-state index contributed by atoms with van der Waals surface area (Å²) in [4.78, 5) is 48.4. The van der Waals surface area contributed by atoms with Gasteiger partial charge in [-0.1, -0.05) is 66.2 Å². The van der Waals surface area contributed by atoms with E-state index in [1.807, 2.05) is 0 Å². The molecule has 12 heteroatoms. The number of esters is 3. The Balaban J connectivity index is 1.45. The lowest BCUT2D eigenvalue weighted by atomic mass is 9.95. The van der Waals surface area contributed by atoms with Crippen LogP contribution < -0.4 is 0 Å². The van der Waals surface area contributed by atoms with Crippen LogP contribution in [0.25, 0.3) is 11.0 Å². The van der Waals surface area contributed by atoms with Crippen molar-refractivity contribution in [2.45, 2.75) is 31.0 Å². The molecule has 1 fully saturated rings. The van der Waals surface area contributed by atoms with E-state index in [-0.39, 0.29) is 39.5 Å². The predicted molar refractivity (Wildman–Crippen MR) is 164 cm³/mol. The highest BCUT2D eigenvalue weighted by atomic mass is 35.5. The molecule has 1 saturated heterocycles. The summed E-state index contributed by atoms with van der Waals surface area (Å²) in [5.41, 5.74) is -0.654. The van der Waals surface area contributed by atoms with Gasteiger partial charge in [-0.3, -0.25) is 0 Å². The molecule has 0 N–H and O–H groups in total. The molecule has 1 aliphatic heterocycles. The number of aromatic nitrogens is 3. The number of nitriles is 1. The Bertz CT molecular complexity index is 1950. The van der Waals surface area contributed by atoms with Crippen molar-refractivity contribution in [3.05, 3.63) is 131 Å². The number of ether oxygens (including phenoxy) is 4. The minimum atomic E-state index is -1.77. The minimum absolute atomic E-state index is 0.0293. The van der Waals surface area contributed by atoms with Gasteiger partial charge in [-0.25, -0.2) is 24.4 Å². The largest absolute Gasteiger partial charge is 0.459 e. The van der Waals surface area contributed by atoms with Gasteiger partial charge in [0, 0.05) is 6.20 Å². The van der Waals surface area contributed by atoms with E-state index >= 15 is 0 Å². The van der Waals surface area contributed by atoms with Gasteiger partial charge in [-0.05, 0) is 43.3 Å². The quantitative estimate of drug-likeness (QED) is 0.121. The second-order valence-corrected chi connectivity index (χ2v) is 10.9. The molecule has 6 rings (SSSR count). The van der Waals surface area contributed by atoms with Crippen molar-refractivity contribution in [1.82, 2.24) is 14.5 Å². The van der Waals surface area contributed by atoms with Gasteiger partial charge in [0.2, 0.25) is 0 Å². The van der Waals surface area contributed by atoms with Gasteiger partial charge in [0.1, 0.15) is 35.9 Å². The molecular weight excluding hydrogens is 612 g/mol. The van der Waals surface area contributed by atoms with Crippen LogP contribution >= 0.6 is 11.6 Å². The Hall–Kier alpha value is -5.57. The standard InChI is InChI=1S/C34H25ClN4O7/c1-34(46-32(42)23-15-9-4-10-16-23)27(45-31(41)22-13-7-3-8-14-22)25(19-43-30(40)21-11-5-2-6-12-21)44-33(34)39-18-24(17-36)26-28(35)37-20-38-29(26)39/h2-16,18,20,25,27,33H,19H2,1H3/t25-,27-,33?,34-/m1/s1. The van der Waals surface area contributed by atoms with E-state index < -0.39 is 41.9 Å². The lowest BCUT2D eigenvalue weighted by Crippen LogP contribution is -2.50. The number of hydrogen-bond donors (Lipinski definition) is 0. The molecule has 46 heavy (non-hydrogen) atoms. The fraction of sp³-hybridized carbons (Fsp3) is 0.176. The van der Waals surface area contributed by atoms with Crippen LogP contribution in [0.1, 0.15) is 49.8 Å². The highest BCUT2D eigenvalue weighted by Crippen LogP contribution is 2.46. The Labute approximate surface area is 267 Å². The summed E-state index contributed by atoms with van der Waals surface area (Å²) < 4.78 is 25.8. The van der Waals surface area contributed by atoms with E-state index in [1.54, 1.807) is 97.9 Å². The fourth-order valence-electron chi connectivity index (χ4n) is 5.37. The zero-order valence-corrected chi connectivity index (χ0v) is 25.0. The van der Waals surface area contributed by atoms with Crippen LogP contribution in [0.15, 0.2) is 104 Å². The topological polar surface area (TPSA) is 143 Å². The first-order chi connectivity index (χ1) is 22.3. The monoisotopic (exact) mass is 636 g/mol. The van der Waals surface area contributed by atoms with Gasteiger partial charge in [-0.2, -0.15) is 5.26 Å². The van der Waals surface area contributed by atoms with Gasteiger partial charge in [0.15, 0.2) is 17.9 Å². The van der Waals surface area contributed by atoms with Crippen molar-refractivity contribution in [2.75, 3.05) is 6.61 Å². The third-order valence-corrected chi connectivity index (χ3v) is 7.87. The van der Waals surface area contributed by atoms with Crippen LogP contribution in [0.2, 0.25) is 5.15 Å². The number of halogens is 1. The van der Waals surface area contributed by atoms with Crippen LogP contribution in [-0.4, -0.2) is 56.9 Å². The van der Waals surface area contributed by atoms with E-state index in [9.17, 15) is 19.6 Å². The molecule has 0 aliphatic carbocycles. The number of rotatable bonds is 8. The van der Waals surface area contributed by atoms with Gasteiger partial charge in [0.05, 0.1) is 27.6 Å². The normalized spacial score (nSPS) is 20.5. The van der Waals surface area contributed by atoms with E-state index in [1.165, 1.54) is 17.1 Å². The smallest absolute Gasteiger partial charge is 0.338 e. The zero-order valence-electron chi connectivity index (χ0n) is 24.3. The van der Waals surface area contributed by atoms with E-state index in [2.05, 4.69) is 16.0 Å². The number of hydrogen-bond acceptors (Lipinski definition) is 10. The number of nitrogens with zero attached hydrogens (tertiary/aromatic N) is 4. The van der Waals surface area contributed by atoms with Crippen LogP contribution in [0.4, 0.5) is 0 Å². The maximum atomic E-state index is 13.6. The highest BCUT2D eigenvalue weighted by molar-refractivity contribution is 6.34. The Kier molecular flexibility index (Phi) is 8.48. The molecule has 0 saturated carbocycles. The van der Waals surface area contributed by atoms with Crippen molar-refractivity contribution >= 4 is 40.5 Å². The molecule has 3 heterocycles. The van der Waals surface area contributed by atoms with Crippen molar-refractivity contribution in [1.29, 1.82) is 5.26 Å². The van der Waals surface area contributed by atoms with Gasteiger partial charge < -0.3 is 23.5 Å². The number of fused-ring (bicyclic) bond motifs is 1. The third-order valence-electron chi connectivity index (χ3n) is 7.59. The van der Waals surface area contributed by atoms with E-state index in [4.69, 9.17) is 30.5 Å². The van der Waals surface area contributed by atoms with Crippen LogP contribution in [0.5, 0.6) is 0 Å². The lowest BCUT2D eigenvalue weighted by Gasteiger charge is -2.34. The first-order valence-corrected chi connectivity index (χ1v) is 14.5. The number of carbonyl (C=O) groups excluding carboxylic acids is 3. The fourth-order valence-corrected chi connectivity index (χ4v) is 5.60. The van der Waals surface area contributed by atoms with Crippen LogP contribution in [0.3, 0.4) is 0 Å². The maximum Gasteiger partial charge on any atom is 0.338 e. The van der Waals surface area contributed by atoms with E-state index in [0.29, 0.717) is 5.56 Å². The molecule has 0 spiro atoms. The molecule has 11 nitrogen and oxygen atoms in total. The summed E-state index contributed by atoms with van der Waals surface area (Å²) in [5.74, 6) is -2.10. The SMILES string of the molecule is C[C@]1(OC(=O)c2ccccc2)C(n2cc(C#N)c3c(Cl)ncnc32)O[C@H](COC(=O)c2ccccc2)[C@H]1OC(=O)c1ccccc1. The van der Waals surface area contributed by atoms with Crippen molar-refractivity contribution < 1.29 is 33.3 Å². The number of carbonyl (C=O) groups is 3. The lowest BCUT2D eigenvalue weighted by molar-refractivity contribution is -0.108. The first-order valence-electron chi connectivity index (χ1n) is 14.1. The third kappa shape index (κ3) is 5.79. The highest BCUT2D eigenvalue weighted by Gasteiger charge is 2.60. The Morgan fingerprint density at radius 1 is 0.891 bits per heavy atom. The average molecular weight is 637 g/mol. The van der Waals surface area contributed by atoms with E-state index in [0.717, 1.165) is 0 Å². The molecule has 0 amide bonds. The molecular formula is C34H25ClN4O7. The molecule has 4 atom stereocenters. The van der Waals surface area contributed by atoms with Crippen LogP contribution in [-0.2, 0) is 18.9 Å². The first kappa shape index (κ1) is 30.5. The second-order valence-electron chi connectivity index (χ2n) is 10.5. The second kappa shape index (κ2) is 12.8. The van der Waals surface area contributed by atoms with Gasteiger partial charge >= 0.3 is 17.9 Å². The molecule has 3 aromatic carbocycles. The number of benzene rings is 3. The summed E-state index contributed by atoms with van der Waals surface area (Å²) >= 11 is 6.36. The summed E-state index contributed by atoms with van der Waals surface area (Å²) in [7, 11) is 0. The average Bonchev–Trinajstić information content (AvgIpc) is 3.59. The zero-order chi connectivity index (χ0) is 32.3. The molecule has 0 bridgehead atoms.